The summed E-state index contributed by atoms with van der Waals surface area (Å²) < 4.78 is 12.5. The molecule has 0 bridgehead atoms. The molecule has 1 heterocycles. The number of nitrogens with zero attached hydrogens (tertiary/aromatic N) is 2. The molecule has 0 saturated carbocycles. The molecule has 0 atom stereocenters. The summed E-state index contributed by atoms with van der Waals surface area (Å²) in [5, 5.41) is 7.59. The van der Waals surface area contributed by atoms with Crippen LogP contribution < -0.4 is 14.8 Å². The van der Waals surface area contributed by atoms with Gasteiger partial charge >= 0.3 is 0 Å². The molecule has 0 radical (unpaired) electrons. The molecular formula is C15H21N3O2S. The van der Waals surface area contributed by atoms with E-state index < -0.39 is 0 Å². The number of ether oxygens (including phenoxy) is 2. The Balaban J connectivity index is 2.07. The minimum Gasteiger partial charge on any atom is -0.493 e. The molecule has 2 rings (SSSR count). The molecule has 21 heavy (non-hydrogen) atoms. The minimum atomic E-state index is 0.758. The Kier molecular flexibility index (Phi) is 5.52. The molecule has 0 fully saturated rings. The van der Waals surface area contributed by atoms with E-state index in [0.29, 0.717) is 0 Å². The number of aryl methyl sites for hydroxylation is 1. The van der Waals surface area contributed by atoms with Crippen LogP contribution in [-0.2, 0) is 20.1 Å². The van der Waals surface area contributed by atoms with Gasteiger partial charge in [-0.2, -0.15) is 5.10 Å². The topological polar surface area (TPSA) is 48.3 Å². The van der Waals surface area contributed by atoms with Gasteiger partial charge in [-0.25, -0.2) is 0 Å². The van der Waals surface area contributed by atoms with E-state index in [1.165, 1.54) is 16.0 Å². The van der Waals surface area contributed by atoms with E-state index in [-0.39, 0.29) is 0 Å². The Hall–Kier alpha value is -1.66. The third-order valence-electron chi connectivity index (χ3n) is 3.19. The number of hydrogen-bond donors (Lipinski definition) is 1. The molecule has 0 saturated heterocycles. The Labute approximate surface area is 129 Å². The van der Waals surface area contributed by atoms with Crippen LogP contribution in [0.2, 0.25) is 0 Å². The van der Waals surface area contributed by atoms with Crippen molar-refractivity contribution >= 4 is 11.8 Å². The third-order valence-corrected chi connectivity index (χ3v) is 4.01. The van der Waals surface area contributed by atoms with Crippen molar-refractivity contribution in [3.05, 3.63) is 35.7 Å². The first-order valence-corrected chi connectivity index (χ1v) is 7.87. The quantitative estimate of drug-likeness (QED) is 0.796. The standard InChI is InChI=1S/C15H21N3O2S/c1-18-10-11(8-17-18)7-16-9-12-5-13(19-2)14(20-3)6-15(12)21-4/h5-6,8,10,16H,7,9H2,1-4H3. The van der Waals surface area contributed by atoms with Crippen molar-refractivity contribution in [3.8, 4) is 11.5 Å². The van der Waals surface area contributed by atoms with Gasteiger partial charge in [0.15, 0.2) is 11.5 Å². The monoisotopic (exact) mass is 307 g/mol. The van der Waals surface area contributed by atoms with Crippen molar-refractivity contribution < 1.29 is 9.47 Å². The molecule has 114 valence electrons. The lowest BCUT2D eigenvalue weighted by atomic mass is 10.2. The van der Waals surface area contributed by atoms with Crippen LogP contribution in [0.5, 0.6) is 11.5 Å². The Bertz CT molecular complexity index is 599. The lowest BCUT2D eigenvalue weighted by Gasteiger charge is -2.14. The van der Waals surface area contributed by atoms with Gasteiger partial charge in [-0.1, -0.05) is 0 Å². The van der Waals surface area contributed by atoms with Gasteiger partial charge in [-0.15, -0.1) is 11.8 Å². The van der Waals surface area contributed by atoms with Gasteiger partial charge in [0.25, 0.3) is 0 Å². The molecule has 1 N–H and O–H groups in total. The van der Waals surface area contributed by atoms with Crippen LogP contribution in [0.25, 0.3) is 0 Å². The number of nitrogens with one attached hydrogen (secondary N) is 1. The molecule has 0 aliphatic heterocycles. The molecule has 0 unspecified atom stereocenters. The SMILES string of the molecule is COc1cc(CNCc2cnn(C)c2)c(SC)cc1OC. The summed E-state index contributed by atoms with van der Waals surface area (Å²) in [6.45, 7) is 1.56. The predicted molar refractivity (Wildman–Crippen MR) is 85.1 cm³/mol. The largest absolute Gasteiger partial charge is 0.493 e. The highest BCUT2D eigenvalue weighted by Crippen LogP contribution is 2.34. The van der Waals surface area contributed by atoms with Crippen LogP contribution in [0.1, 0.15) is 11.1 Å². The summed E-state index contributed by atoms with van der Waals surface area (Å²) in [7, 11) is 5.23. The maximum Gasteiger partial charge on any atom is 0.161 e. The van der Waals surface area contributed by atoms with Crippen LogP contribution in [0.3, 0.4) is 0 Å². The van der Waals surface area contributed by atoms with Crippen LogP contribution in [0.15, 0.2) is 29.4 Å². The minimum absolute atomic E-state index is 0.758. The van der Waals surface area contributed by atoms with Gasteiger partial charge in [0.1, 0.15) is 0 Å². The average molecular weight is 307 g/mol. The summed E-state index contributed by atoms with van der Waals surface area (Å²) in [6, 6.07) is 4.05. The highest BCUT2D eigenvalue weighted by atomic mass is 32.2. The van der Waals surface area contributed by atoms with E-state index in [9.17, 15) is 0 Å². The number of benzene rings is 1. The van der Waals surface area contributed by atoms with E-state index in [0.717, 1.165) is 24.6 Å². The number of rotatable bonds is 7. The first-order chi connectivity index (χ1) is 10.2. The fourth-order valence-corrected chi connectivity index (χ4v) is 2.75. The summed E-state index contributed by atoms with van der Waals surface area (Å²) >= 11 is 1.70. The van der Waals surface area contributed by atoms with Crippen molar-refractivity contribution in [1.29, 1.82) is 0 Å². The number of hydrogen-bond acceptors (Lipinski definition) is 5. The van der Waals surface area contributed by atoms with Crippen LogP contribution in [-0.4, -0.2) is 30.3 Å². The Morgan fingerprint density at radius 2 is 1.90 bits per heavy atom. The van der Waals surface area contributed by atoms with Crippen LogP contribution in [0, 0.1) is 0 Å². The van der Waals surface area contributed by atoms with Crippen molar-refractivity contribution in [2.75, 3.05) is 20.5 Å². The van der Waals surface area contributed by atoms with Crippen molar-refractivity contribution in [3.63, 3.8) is 0 Å². The van der Waals surface area contributed by atoms with Crippen LogP contribution >= 0.6 is 11.8 Å². The summed E-state index contributed by atoms with van der Waals surface area (Å²) in [6.07, 6.45) is 5.94. The molecule has 5 nitrogen and oxygen atoms in total. The second-order valence-electron chi connectivity index (χ2n) is 4.64. The maximum absolute atomic E-state index is 5.37. The van der Waals surface area contributed by atoms with Crippen LogP contribution in [0.4, 0.5) is 0 Å². The van der Waals surface area contributed by atoms with Gasteiger partial charge in [0, 0.05) is 36.8 Å². The maximum atomic E-state index is 5.37. The van der Waals surface area contributed by atoms with Crippen molar-refractivity contribution in [2.24, 2.45) is 7.05 Å². The molecule has 6 heteroatoms. The molecule has 1 aromatic heterocycles. The van der Waals surface area contributed by atoms with E-state index in [2.05, 4.69) is 16.7 Å². The molecule has 0 amide bonds. The normalized spacial score (nSPS) is 10.7. The van der Waals surface area contributed by atoms with Gasteiger partial charge in [-0.3, -0.25) is 4.68 Å². The zero-order chi connectivity index (χ0) is 15.2. The summed E-state index contributed by atoms with van der Waals surface area (Å²) in [4.78, 5) is 1.19. The average Bonchev–Trinajstić information content (AvgIpc) is 2.92. The highest BCUT2D eigenvalue weighted by Gasteiger charge is 2.10. The van der Waals surface area contributed by atoms with Crippen molar-refractivity contribution in [2.45, 2.75) is 18.0 Å². The second kappa shape index (κ2) is 7.38. The fraction of sp³-hybridized carbons (Fsp3) is 0.400. The number of aromatic nitrogens is 2. The summed E-state index contributed by atoms with van der Waals surface area (Å²) in [5.74, 6) is 1.52. The molecule has 1 aromatic carbocycles. The number of methoxy groups -OCH3 is 2. The van der Waals surface area contributed by atoms with Gasteiger partial charge < -0.3 is 14.8 Å². The Morgan fingerprint density at radius 1 is 1.19 bits per heavy atom. The van der Waals surface area contributed by atoms with E-state index >= 15 is 0 Å². The van der Waals surface area contributed by atoms with E-state index in [1.54, 1.807) is 30.7 Å². The summed E-state index contributed by atoms with van der Waals surface area (Å²) in [5.41, 5.74) is 2.37. The lowest BCUT2D eigenvalue weighted by Crippen LogP contribution is -2.13. The highest BCUT2D eigenvalue weighted by molar-refractivity contribution is 7.98. The zero-order valence-corrected chi connectivity index (χ0v) is 13.7. The molecule has 2 aromatic rings. The van der Waals surface area contributed by atoms with Gasteiger partial charge in [0.2, 0.25) is 0 Å². The molecule has 0 aliphatic carbocycles. The number of thioether (sulfide) groups is 1. The second-order valence-corrected chi connectivity index (χ2v) is 5.49. The van der Waals surface area contributed by atoms with Crippen molar-refractivity contribution in [1.82, 2.24) is 15.1 Å². The van der Waals surface area contributed by atoms with Gasteiger partial charge in [0.05, 0.1) is 20.4 Å². The molecule has 0 spiro atoms. The van der Waals surface area contributed by atoms with Gasteiger partial charge in [-0.05, 0) is 24.0 Å². The first kappa shape index (κ1) is 15.7. The fourth-order valence-electron chi connectivity index (χ4n) is 2.14. The molecule has 0 aliphatic rings. The van der Waals surface area contributed by atoms with E-state index in [1.807, 2.05) is 31.6 Å². The predicted octanol–water partition coefficient (Wildman–Crippen LogP) is 2.45. The first-order valence-electron chi connectivity index (χ1n) is 6.65. The zero-order valence-electron chi connectivity index (χ0n) is 12.8. The lowest BCUT2D eigenvalue weighted by molar-refractivity contribution is 0.353. The molecular weight excluding hydrogens is 286 g/mol. The third kappa shape index (κ3) is 3.92. The van der Waals surface area contributed by atoms with E-state index in [4.69, 9.17) is 9.47 Å². The smallest absolute Gasteiger partial charge is 0.161 e. The Morgan fingerprint density at radius 3 is 2.48 bits per heavy atom.